The van der Waals surface area contributed by atoms with Crippen LogP contribution in [0.1, 0.15) is 15.9 Å². The van der Waals surface area contributed by atoms with E-state index in [1.54, 1.807) is 24.3 Å². The second kappa shape index (κ2) is 6.52. The molecule has 118 valence electrons. The highest BCUT2D eigenvalue weighted by Crippen LogP contribution is 2.20. The predicted octanol–water partition coefficient (Wildman–Crippen LogP) is 2.56. The van der Waals surface area contributed by atoms with Crippen LogP contribution in [0.4, 0.5) is 4.79 Å². The molecule has 0 bridgehead atoms. The molecule has 1 aliphatic heterocycles. The van der Waals surface area contributed by atoms with Gasteiger partial charge in [0.25, 0.3) is 0 Å². The maximum atomic E-state index is 12.1. The molecule has 3 rings (SSSR count). The topological polar surface area (TPSA) is 64.6 Å². The van der Waals surface area contributed by atoms with Gasteiger partial charge in [0.15, 0.2) is 0 Å². The molecule has 0 aliphatic carbocycles. The third-order valence-corrected chi connectivity index (χ3v) is 3.72. The number of amides is 1. The third-order valence-electron chi connectivity index (χ3n) is 3.72. The second-order valence-corrected chi connectivity index (χ2v) is 5.59. The standard InChI is InChI=1S/C18H17NO4/c20-16(15-9-5-2-6-10-15)22-12-18(13-23-17(21)19-18)11-14-7-3-1-4-8-14/h1-10H,11-13H2,(H,19,21)/t18-/m0/s1. The lowest BCUT2D eigenvalue weighted by Gasteiger charge is -2.26. The first-order chi connectivity index (χ1) is 11.2. The summed E-state index contributed by atoms with van der Waals surface area (Å²) >= 11 is 0. The van der Waals surface area contributed by atoms with Crippen molar-refractivity contribution in [2.75, 3.05) is 13.2 Å². The molecule has 1 heterocycles. The number of carbonyl (C=O) groups excluding carboxylic acids is 2. The van der Waals surface area contributed by atoms with Crippen LogP contribution in [0.2, 0.25) is 0 Å². The van der Waals surface area contributed by atoms with Crippen molar-refractivity contribution in [1.82, 2.24) is 5.32 Å². The smallest absolute Gasteiger partial charge is 0.407 e. The number of alkyl carbamates (subject to hydrolysis) is 1. The first-order valence-corrected chi connectivity index (χ1v) is 7.38. The summed E-state index contributed by atoms with van der Waals surface area (Å²) in [5, 5.41) is 2.78. The fourth-order valence-electron chi connectivity index (χ4n) is 2.56. The summed E-state index contributed by atoms with van der Waals surface area (Å²) in [6.45, 7) is 0.226. The predicted molar refractivity (Wildman–Crippen MR) is 84.1 cm³/mol. The average molecular weight is 311 g/mol. The highest BCUT2D eigenvalue weighted by atomic mass is 16.6. The van der Waals surface area contributed by atoms with E-state index in [1.807, 2.05) is 36.4 Å². The summed E-state index contributed by atoms with van der Waals surface area (Å²) < 4.78 is 10.4. The minimum absolute atomic E-state index is 0.0569. The number of ether oxygens (including phenoxy) is 2. The van der Waals surface area contributed by atoms with E-state index >= 15 is 0 Å². The van der Waals surface area contributed by atoms with Crippen LogP contribution >= 0.6 is 0 Å². The lowest BCUT2D eigenvalue weighted by atomic mass is 9.93. The first-order valence-electron chi connectivity index (χ1n) is 7.38. The number of hydrogen-bond acceptors (Lipinski definition) is 4. The maximum Gasteiger partial charge on any atom is 0.407 e. The fraction of sp³-hybridized carbons (Fsp3) is 0.222. The molecule has 1 aliphatic rings. The zero-order valence-corrected chi connectivity index (χ0v) is 12.5. The van der Waals surface area contributed by atoms with Gasteiger partial charge in [-0.1, -0.05) is 48.5 Å². The molecule has 2 aromatic rings. The van der Waals surface area contributed by atoms with E-state index in [-0.39, 0.29) is 13.2 Å². The quantitative estimate of drug-likeness (QED) is 0.862. The van der Waals surface area contributed by atoms with Gasteiger partial charge in [-0.15, -0.1) is 0 Å². The Morgan fingerprint density at radius 3 is 2.35 bits per heavy atom. The van der Waals surface area contributed by atoms with E-state index in [2.05, 4.69) is 5.32 Å². The lowest BCUT2D eigenvalue weighted by molar-refractivity contribution is 0.0370. The zero-order valence-electron chi connectivity index (χ0n) is 12.5. The molecule has 0 aromatic heterocycles. The van der Waals surface area contributed by atoms with Gasteiger partial charge in [-0.25, -0.2) is 9.59 Å². The molecule has 23 heavy (non-hydrogen) atoms. The molecule has 2 aromatic carbocycles. The van der Waals surface area contributed by atoms with Gasteiger partial charge in [0.05, 0.1) is 5.56 Å². The summed E-state index contributed by atoms with van der Waals surface area (Å²) in [7, 11) is 0. The number of nitrogens with one attached hydrogen (secondary N) is 1. The minimum Gasteiger partial charge on any atom is -0.459 e. The summed E-state index contributed by atoms with van der Waals surface area (Å²) in [6, 6.07) is 18.5. The van der Waals surface area contributed by atoms with Gasteiger partial charge in [-0.05, 0) is 17.7 Å². The van der Waals surface area contributed by atoms with E-state index in [0.29, 0.717) is 12.0 Å². The van der Waals surface area contributed by atoms with Gasteiger partial charge in [0.2, 0.25) is 0 Å². The molecular weight excluding hydrogens is 294 g/mol. The van der Waals surface area contributed by atoms with Gasteiger partial charge in [0.1, 0.15) is 18.8 Å². The Kier molecular flexibility index (Phi) is 4.28. The molecule has 0 spiro atoms. The highest BCUT2D eigenvalue weighted by molar-refractivity contribution is 5.89. The first kappa shape index (κ1) is 15.1. The van der Waals surface area contributed by atoms with Gasteiger partial charge in [-0.3, -0.25) is 0 Å². The van der Waals surface area contributed by atoms with Gasteiger partial charge < -0.3 is 14.8 Å². The van der Waals surface area contributed by atoms with Gasteiger partial charge in [0, 0.05) is 6.42 Å². The van der Waals surface area contributed by atoms with E-state index in [0.717, 1.165) is 5.56 Å². The normalized spacial score (nSPS) is 19.7. The molecule has 5 heteroatoms. The van der Waals surface area contributed by atoms with Crippen LogP contribution in [0.3, 0.4) is 0 Å². The molecule has 1 amide bonds. The van der Waals surface area contributed by atoms with Crippen molar-refractivity contribution >= 4 is 12.1 Å². The minimum atomic E-state index is -0.733. The molecule has 0 radical (unpaired) electrons. The highest BCUT2D eigenvalue weighted by Gasteiger charge is 2.41. The lowest BCUT2D eigenvalue weighted by Crippen LogP contribution is -2.50. The van der Waals surface area contributed by atoms with Crippen molar-refractivity contribution in [2.24, 2.45) is 0 Å². The Hall–Kier alpha value is -2.82. The Labute approximate surface area is 134 Å². The number of cyclic esters (lactones) is 1. The fourth-order valence-corrected chi connectivity index (χ4v) is 2.56. The monoisotopic (exact) mass is 311 g/mol. The Bertz CT molecular complexity index is 687. The van der Waals surface area contributed by atoms with Crippen LogP contribution in [0.5, 0.6) is 0 Å². The van der Waals surface area contributed by atoms with Gasteiger partial charge in [-0.2, -0.15) is 0 Å². The number of esters is 1. The van der Waals surface area contributed by atoms with Crippen molar-refractivity contribution in [3.8, 4) is 0 Å². The molecule has 5 nitrogen and oxygen atoms in total. The van der Waals surface area contributed by atoms with Crippen molar-refractivity contribution < 1.29 is 19.1 Å². The Morgan fingerprint density at radius 2 is 1.74 bits per heavy atom. The summed E-state index contributed by atoms with van der Waals surface area (Å²) in [4.78, 5) is 23.6. The molecule has 1 N–H and O–H groups in total. The summed E-state index contributed by atoms with van der Waals surface area (Å²) in [5.74, 6) is -0.417. The third kappa shape index (κ3) is 3.69. The van der Waals surface area contributed by atoms with E-state index in [1.165, 1.54) is 0 Å². The second-order valence-electron chi connectivity index (χ2n) is 5.59. The molecule has 0 saturated carbocycles. The molecular formula is C18H17NO4. The van der Waals surface area contributed by atoms with Crippen molar-refractivity contribution in [3.63, 3.8) is 0 Å². The van der Waals surface area contributed by atoms with Crippen molar-refractivity contribution in [3.05, 3.63) is 71.8 Å². The zero-order chi connectivity index (χ0) is 16.1. The van der Waals surface area contributed by atoms with E-state index in [9.17, 15) is 9.59 Å². The van der Waals surface area contributed by atoms with Gasteiger partial charge >= 0.3 is 12.1 Å². The average Bonchev–Trinajstić information content (AvgIpc) is 2.95. The van der Waals surface area contributed by atoms with Crippen molar-refractivity contribution in [1.29, 1.82) is 0 Å². The van der Waals surface area contributed by atoms with Crippen LogP contribution in [-0.4, -0.2) is 30.8 Å². The summed E-state index contributed by atoms with van der Waals surface area (Å²) in [5.41, 5.74) is 0.782. The number of benzene rings is 2. The SMILES string of the molecule is O=C1N[C@](COC(=O)c2ccccc2)(Cc2ccccc2)CO1. The van der Waals surface area contributed by atoms with Crippen LogP contribution < -0.4 is 5.32 Å². The molecule has 1 fully saturated rings. The summed E-state index contributed by atoms with van der Waals surface area (Å²) in [6.07, 6.45) is 0.0402. The van der Waals surface area contributed by atoms with Crippen LogP contribution in [0.15, 0.2) is 60.7 Å². The molecule has 1 saturated heterocycles. The Morgan fingerprint density at radius 1 is 1.09 bits per heavy atom. The number of hydrogen-bond donors (Lipinski definition) is 1. The van der Waals surface area contributed by atoms with Crippen molar-refractivity contribution in [2.45, 2.75) is 12.0 Å². The van der Waals surface area contributed by atoms with E-state index in [4.69, 9.17) is 9.47 Å². The Balaban J connectivity index is 1.70. The number of rotatable bonds is 5. The maximum absolute atomic E-state index is 12.1. The largest absolute Gasteiger partial charge is 0.459 e. The number of carbonyl (C=O) groups is 2. The molecule has 0 unspecified atom stereocenters. The molecule has 1 atom stereocenters. The van der Waals surface area contributed by atoms with E-state index < -0.39 is 17.6 Å². The van der Waals surface area contributed by atoms with Crippen LogP contribution in [-0.2, 0) is 15.9 Å². The van der Waals surface area contributed by atoms with Crippen LogP contribution in [0.25, 0.3) is 0 Å². The van der Waals surface area contributed by atoms with Crippen LogP contribution in [0, 0.1) is 0 Å².